The molecule has 0 aliphatic heterocycles. The van der Waals surface area contributed by atoms with Crippen molar-refractivity contribution in [2.24, 2.45) is 0 Å². The molecule has 1 aliphatic carbocycles. The summed E-state index contributed by atoms with van der Waals surface area (Å²) in [6, 6.07) is 8.32. The van der Waals surface area contributed by atoms with Crippen LogP contribution in [-0.2, 0) is 0 Å². The minimum atomic E-state index is 0.731. The molecule has 1 fully saturated rings. The molecule has 2 radical (unpaired) electrons. The maximum absolute atomic E-state index is 5.95. The van der Waals surface area contributed by atoms with Gasteiger partial charge < -0.3 is 0 Å². The Hall–Kier alpha value is -0.715. The van der Waals surface area contributed by atoms with Crippen molar-refractivity contribution in [2.75, 3.05) is 0 Å². The SMILES string of the molecule is [B]c1ccccc1C1CCCCC1. The third kappa shape index (κ3) is 1.96. The summed E-state index contributed by atoms with van der Waals surface area (Å²) in [5.74, 6) is 0.731. The number of hydrogen-bond donors (Lipinski definition) is 0. The van der Waals surface area contributed by atoms with Gasteiger partial charge in [-0.15, -0.1) is 0 Å². The normalized spacial score (nSPS) is 18.8. The first-order chi connectivity index (χ1) is 6.38. The van der Waals surface area contributed by atoms with Crippen LogP contribution >= 0.6 is 0 Å². The summed E-state index contributed by atoms with van der Waals surface area (Å²) in [6.07, 6.45) is 6.81. The van der Waals surface area contributed by atoms with Crippen LogP contribution in [0, 0.1) is 0 Å². The smallest absolute Gasteiger partial charge is 0.0933 e. The molecule has 0 N–H and O–H groups in total. The molecule has 0 spiro atoms. The highest BCUT2D eigenvalue weighted by molar-refractivity contribution is 6.33. The fourth-order valence-electron chi connectivity index (χ4n) is 2.30. The van der Waals surface area contributed by atoms with E-state index in [1.165, 1.54) is 37.7 Å². The molecular formula is C12H15B. The molecule has 66 valence electrons. The fraction of sp³-hybridized carbons (Fsp3) is 0.500. The number of hydrogen-bond acceptors (Lipinski definition) is 0. The van der Waals surface area contributed by atoms with E-state index in [1.54, 1.807) is 0 Å². The van der Waals surface area contributed by atoms with E-state index in [0.717, 1.165) is 11.4 Å². The Kier molecular flexibility index (Phi) is 2.72. The zero-order valence-corrected chi connectivity index (χ0v) is 8.00. The van der Waals surface area contributed by atoms with Crippen molar-refractivity contribution < 1.29 is 0 Å². The minimum absolute atomic E-state index is 0.731. The Morgan fingerprint density at radius 2 is 1.69 bits per heavy atom. The van der Waals surface area contributed by atoms with Crippen molar-refractivity contribution in [2.45, 2.75) is 38.0 Å². The lowest BCUT2D eigenvalue weighted by Crippen LogP contribution is -2.16. The summed E-state index contributed by atoms with van der Waals surface area (Å²) in [4.78, 5) is 0. The van der Waals surface area contributed by atoms with Crippen LogP contribution in [0.5, 0.6) is 0 Å². The van der Waals surface area contributed by atoms with E-state index in [9.17, 15) is 0 Å². The lowest BCUT2D eigenvalue weighted by molar-refractivity contribution is 0.445. The van der Waals surface area contributed by atoms with Gasteiger partial charge in [-0.25, -0.2) is 0 Å². The molecule has 1 saturated carbocycles. The van der Waals surface area contributed by atoms with E-state index >= 15 is 0 Å². The molecule has 0 aromatic heterocycles. The average Bonchev–Trinajstić information content (AvgIpc) is 2.20. The predicted molar refractivity (Wildman–Crippen MR) is 57.7 cm³/mol. The topological polar surface area (TPSA) is 0 Å². The van der Waals surface area contributed by atoms with Crippen LogP contribution in [0.3, 0.4) is 0 Å². The van der Waals surface area contributed by atoms with Gasteiger partial charge in [-0.3, -0.25) is 0 Å². The Morgan fingerprint density at radius 3 is 2.38 bits per heavy atom. The van der Waals surface area contributed by atoms with Gasteiger partial charge in [0.2, 0.25) is 0 Å². The van der Waals surface area contributed by atoms with Crippen LogP contribution in [0.4, 0.5) is 0 Å². The van der Waals surface area contributed by atoms with E-state index in [0.29, 0.717) is 0 Å². The zero-order valence-electron chi connectivity index (χ0n) is 8.00. The molecule has 13 heavy (non-hydrogen) atoms. The van der Waals surface area contributed by atoms with Gasteiger partial charge in [-0.2, -0.15) is 0 Å². The highest BCUT2D eigenvalue weighted by Gasteiger charge is 2.15. The van der Waals surface area contributed by atoms with Gasteiger partial charge in [0.25, 0.3) is 0 Å². The van der Waals surface area contributed by atoms with Crippen molar-refractivity contribution in [1.82, 2.24) is 0 Å². The monoisotopic (exact) mass is 170 g/mol. The second-order valence-electron chi connectivity index (χ2n) is 3.96. The maximum Gasteiger partial charge on any atom is 0.114 e. The van der Waals surface area contributed by atoms with Crippen LogP contribution in [0.15, 0.2) is 24.3 Å². The van der Waals surface area contributed by atoms with Gasteiger partial charge >= 0.3 is 0 Å². The molecule has 1 heteroatoms. The lowest BCUT2D eigenvalue weighted by atomic mass is 9.78. The molecule has 1 aromatic carbocycles. The highest BCUT2D eigenvalue weighted by atomic mass is 14.2. The average molecular weight is 170 g/mol. The first-order valence-electron chi connectivity index (χ1n) is 5.22. The molecular weight excluding hydrogens is 155 g/mol. The summed E-state index contributed by atoms with van der Waals surface area (Å²) in [6.45, 7) is 0. The van der Waals surface area contributed by atoms with Gasteiger partial charge in [-0.05, 0) is 18.8 Å². The standard InChI is InChI=1S/C12H15B/c13-12-9-5-4-8-11(12)10-6-2-1-3-7-10/h4-5,8-10H,1-3,6-7H2. The maximum atomic E-state index is 5.95. The molecule has 1 aliphatic rings. The van der Waals surface area contributed by atoms with Crippen molar-refractivity contribution >= 4 is 13.3 Å². The molecule has 0 bridgehead atoms. The van der Waals surface area contributed by atoms with E-state index in [-0.39, 0.29) is 0 Å². The lowest BCUT2D eigenvalue weighted by Gasteiger charge is -2.23. The Morgan fingerprint density at radius 1 is 1.00 bits per heavy atom. The van der Waals surface area contributed by atoms with Crippen LogP contribution in [-0.4, -0.2) is 7.85 Å². The summed E-state index contributed by atoms with van der Waals surface area (Å²) in [5, 5.41) is 0. The number of benzene rings is 1. The minimum Gasteiger partial charge on any atom is -0.0933 e. The molecule has 0 heterocycles. The van der Waals surface area contributed by atoms with Crippen LogP contribution in [0.2, 0.25) is 0 Å². The van der Waals surface area contributed by atoms with Gasteiger partial charge in [0.05, 0.1) is 0 Å². The molecule has 0 atom stereocenters. The third-order valence-corrected chi connectivity index (χ3v) is 3.04. The van der Waals surface area contributed by atoms with Crippen LogP contribution in [0.1, 0.15) is 43.6 Å². The van der Waals surface area contributed by atoms with Crippen molar-refractivity contribution in [1.29, 1.82) is 0 Å². The highest BCUT2D eigenvalue weighted by Crippen LogP contribution is 2.31. The Bertz CT molecular complexity index is 274. The van der Waals surface area contributed by atoms with Gasteiger partial charge in [0, 0.05) is 0 Å². The first kappa shape index (κ1) is 8.86. The van der Waals surface area contributed by atoms with Gasteiger partial charge in [0.15, 0.2) is 0 Å². The second kappa shape index (κ2) is 4.00. The summed E-state index contributed by atoms with van der Waals surface area (Å²) in [7, 11) is 5.95. The summed E-state index contributed by atoms with van der Waals surface area (Å²) >= 11 is 0. The first-order valence-corrected chi connectivity index (χ1v) is 5.22. The molecule has 0 saturated heterocycles. The zero-order chi connectivity index (χ0) is 9.10. The molecule has 1 aromatic rings. The fourth-order valence-corrected chi connectivity index (χ4v) is 2.30. The van der Waals surface area contributed by atoms with Crippen LogP contribution < -0.4 is 5.46 Å². The van der Waals surface area contributed by atoms with Crippen molar-refractivity contribution in [3.05, 3.63) is 29.8 Å². The Balaban J connectivity index is 2.18. The molecule has 0 unspecified atom stereocenters. The van der Waals surface area contributed by atoms with Crippen LogP contribution in [0.25, 0.3) is 0 Å². The molecule has 0 nitrogen and oxygen atoms in total. The third-order valence-electron chi connectivity index (χ3n) is 3.04. The molecule has 2 rings (SSSR count). The second-order valence-corrected chi connectivity index (χ2v) is 3.96. The van der Waals surface area contributed by atoms with Crippen molar-refractivity contribution in [3.8, 4) is 0 Å². The summed E-state index contributed by atoms with van der Waals surface area (Å²) in [5.41, 5.74) is 2.36. The quantitative estimate of drug-likeness (QED) is 0.568. The largest absolute Gasteiger partial charge is 0.114 e. The van der Waals surface area contributed by atoms with E-state index in [2.05, 4.69) is 12.1 Å². The van der Waals surface area contributed by atoms with Crippen molar-refractivity contribution in [3.63, 3.8) is 0 Å². The van der Waals surface area contributed by atoms with E-state index in [1.807, 2.05) is 12.1 Å². The summed E-state index contributed by atoms with van der Waals surface area (Å²) < 4.78 is 0. The van der Waals surface area contributed by atoms with Gasteiger partial charge in [-0.1, -0.05) is 54.6 Å². The van der Waals surface area contributed by atoms with E-state index < -0.39 is 0 Å². The predicted octanol–water partition coefficient (Wildman–Crippen LogP) is 2.53. The van der Waals surface area contributed by atoms with E-state index in [4.69, 9.17) is 7.85 Å². The molecule has 0 amide bonds. The van der Waals surface area contributed by atoms with Gasteiger partial charge in [0.1, 0.15) is 7.85 Å². The number of rotatable bonds is 1. The Labute approximate surface area is 81.8 Å².